The lowest BCUT2D eigenvalue weighted by Gasteiger charge is -2.15. The highest BCUT2D eigenvalue weighted by Gasteiger charge is 2.15. The summed E-state index contributed by atoms with van der Waals surface area (Å²) >= 11 is 0. The summed E-state index contributed by atoms with van der Waals surface area (Å²) in [5, 5.41) is 7.81. The average molecular weight is 293 g/mol. The molecule has 1 rings (SSSR count). The van der Waals surface area contributed by atoms with Crippen molar-refractivity contribution in [1.82, 2.24) is 10.6 Å². The Morgan fingerprint density at radius 2 is 2.05 bits per heavy atom. The molecule has 0 saturated carbocycles. The molecule has 6 heteroatoms. The second-order valence-electron chi connectivity index (χ2n) is 4.59. The molecule has 0 fully saturated rings. The molecular formula is C15H23N3O3. The van der Waals surface area contributed by atoms with Gasteiger partial charge in [-0.3, -0.25) is 10.1 Å². The molecule has 0 bridgehead atoms. The number of carbonyl (C=O) groups is 2. The molecule has 1 atom stereocenters. The lowest BCUT2D eigenvalue weighted by atomic mass is 10.2. The molecule has 0 saturated heterocycles. The lowest BCUT2D eigenvalue weighted by Crippen LogP contribution is -2.45. The summed E-state index contributed by atoms with van der Waals surface area (Å²) < 4.78 is 5.53. The number of hydrogen-bond donors (Lipinski definition) is 3. The van der Waals surface area contributed by atoms with Gasteiger partial charge in [0.2, 0.25) is 5.91 Å². The van der Waals surface area contributed by atoms with Crippen LogP contribution in [0.5, 0.6) is 5.75 Å². The summed E-state index contributed by atoms with van der Waals surface area (Å²) in [5.41, 5.74) is 0.766. The molecular weight excluding hydrogens is 270 g/mol. The highest BCUT2D eigenvalue weighted by atomic mass is 16.5. The van der Waals surface area contributed by atoms with Crippen molar-refractivity contribution in [1.29, 1.82) is 0 Å². The van der Waals surface area contributed by atoms with Crippen LogP contribution in [0.15, 0.2) is 24.3 Å². The van der Waals surface area contributed by atoms with E-state index in [2.05, 4.69) is 16.0 Å². The SMILES string of the molecule is CCCOc1cccc(NC(C)C(=O)NC(=O)NCC)c1. The van der Waals surface area contributed by atoms with Crippen molar-refractivity contribution >= 4 is 17.6 Å². The Balaban J connectivity index is 2.55. The lowest BCUT2D eigenvalue weighted by molar-refractivity contribution is -0.120. The molecule has 116 valence electrons. The summed E-state index contributed by atoms with van der Waals surface area (Å²) in [4.78, 5) is 23.1. The van der Waals surface area contributed by atoms with E-state index in [4.69, 9.17) is 4.74 Å². The molecule has 1 unspecified atom stereocenters. The summed E-state index contributed by atoms with van der Waals surface area (Å²) in [6.07, 6.45) is 0.934. The quantitative estimate of drug-likeness (QED) is 0.719. The monoisotopic (exact) mass is 293 g/mol. The molecule has 0 aliphatic carbocycles. The average Bonchev–Trinajstić information content (AvgIpc) is 2.45. The zero-order valence-electron chi connectivity index (χ0n) is 12.7. The smallest absolute Gasteiger partial charge is 0.321 e. The molecule has 1 aromatic rings. The summed E-state index contributed by atoms with van der Waals surface area (Å²) in [6.45, 7) is 6.63. The van der Waals surface area contributed by atoms with E-state index >= 15 is 0 Å². The number of ether oxygens (including phenoxy) is 1. The van der Waals surface area contributed by atoms with Crippen molar-refractivity contribution in [3.63, 3.8) is 0 Å². The zero-order valence-corrected chi connectivity index (χ0v) is 12.7. The maximum atomic E-state index is 11.8. The minimum absolute atomic E-state index is 0.388. The van der Waals surface area contributed by atoms with E-state index in [0.29, 0.717) is 13.2 Å². The van der Waals surface area contributed by atoms with Gasteiger partial charge < -0.3 is 15.4 Å². The Morgan fingerprint density at radius 1 is 1.29 bits per heavy atom. The highest BCUT2D eigenvalue weighted by Crippen LogP contribution is 2.18. The number of benzene rings is 1. The van der Waals surface area contributed by atoms with Crippen LogP contribution in [-0.2, 0) is 4.79 Å². The Labute approximate surface area is 125 Å². The van der Waals surface area contributed by atoms with Gasteiger partial charge in [0.25, 0.3) is 0 Å². The zero-order chi connectivity index (χ0) is 15.7. The molecule has 0 spiro atoms. The minimum atomic E-state index is -0.533. The Bertz CT molecular complexity index is 477. The normalized spacial score (nSPS) is 11.4. The molecule has 0 aromatic heterocycles. The molecule has 0 radical (unpaired) electrons. The van der Waals surface area contributed by atoms with Gasteiger partial charge in [-0.2, -0.15) is 0 Å². The van der Waals surface area contributed by atoms with Crippen LogP contribution in [0.3, 0.4) is 0 Å². The van der Waals surface area contributed by atoms with Crippen molar-refractivity contribution in [3.05, 3.63) is 24.3 Å². The number of amides is 3. The van der Waals surface area contributed by atoms with Gasteiger partial charge in [-0.25, -0.2) is 4.79 Å². The Kier molecular flexibility index (Phi) is 7.08. The summed E-state index contributed by atoms with van der Waals surface area (Å²) in [6, 6.07) is 6.35. The number of carbonyl (C=O) groups excluding carboxylic acids is 2. The van der Waals surface area contributed by atoms with E-state index in [1.807, 2.05) is 31.2 Å². The van der Waals surface area contributed by atoms with Gasteiger partial charge in [-0.15, -0.1) is 0 Å². The van der Waals surface area contributed by atoms with E-state index in [0.717, 1.165) is 17.9 Å². The number of anilines is 1. The fourth-order valence-electron chi connectivity index (χ4n) is 1.64. The van der Waals surface area contributed by atoms with Crippen molar-refractivity contribution in [2.75, 3.05) is 18.5 Å². The van der Waals surface area contributed by atoms with Crippen LogP contribution in [0.25, 0.3) is 0 Å². The van der Waals surface area contributed by atoms with Crippen molar-refractivity contribution in [2.24, 2.45) is 0 Å². The van der Waals surface area contributed by atoms with Gasteiger partial charge in [0.15, 0.2) is 0 Å². The predicted molar refractivity (Wildman–Crippen MR) is 82.5 cm³/mol. The molecule has 6 nitrogen and oxygen atoms in total. The van der Waals surface area contributed by atoms with E-state index in [9.17, 15) is 9.59 Å². The fourth-order valence-corrected chi connectivity index (χ4v) is 1.64. The van der Waals surface area contributed by atoms with Gasteiger partial charge in [0.05, 0.1) is 6.61 Å². The molecule has 0 aliphatic heterocycles. The topological polar surface area (TPSA) is 79.5 Å². The third kappa shape index (κ3) is 6.16. The third-order valence-corrected chi connectivity index (χ3v) is 2.66. The summed E-state index contributed by atoms with van der Waals surface area (Å²) in [5.74, 6) is 0.360. The number of rotatable bonds is 7. The van der Waals surface area contributed by atoms with Gasteiger partial charge in [-0.05, 0) is 32.4 Å². The first-order valence-corrected chi connectivity index (χ1v) is 7.14. The van der Waals surface area contributed by atoms with Crippen LogP contribution < -0.4 is 20.7 Å². The van der Waals surface area contributed by atoms with Crippen molar-refractivity contribution in [3.8, 4) is 5.75 Å². The van der Waals surface area contributed by atoms with Gasteiger partial charge in [0, 0.05) is 18.3 Å². The number of nitrogens with one attached hydrogen (secondary N) is 3. The number of imide groups is 1. The van der Waals surface area contributed by atoms with Crippen LogP contribution in [-0.4, -0.2) is 31.1 Å². The first-order valence-electron chi connectivity index (χ1n) is 7.14. The predicted octanol–water partition coefficient (Wildman–Crippen LogP) is 2.12. The number of urea groups is 1. The van der Waals surface area contributed by atoms with Gasteiger partial charge in [-0.1, -0.05) is 13.0 Å². The van der Waals surface area contributed by atoms with E-state index in [1.54, 1.807) is 13.8 Å². The molecule has 3 amide bonds. The summed E-state index contributed by atoms with van der Waals surface area (Å²) in [7, 11) is 0. The first kappa shape index (κ1) is 16.8. The van der Waals surface area contributed by atoms with Crippen LogP contribution in [0.2, 0.25) is 0 Å². The highest BCUT2D eigenvalue weighted by molar-refractivity contribution is 5.97. The third-order valence-electron chi connectivity index (χ3n) is 2.66. The second-order valence-corrected chi connectivity index (χ2v) is 4.59. The van der Waals surface area contributed by atoms with Crippen LogP contribution in [0.4, 0.5) is 10.5 Å². The first-order chi connectivity index (χ1) is 10.1. The minimum Gasteiger partial charge on any atom is -0.494 e. The largest absolute Gasteiger partial charge is 0.494 e. The van der Waals surface area contributed by atoms with Crippen LogP contribution in [0, 0.1) is 0 Å². The maximum absolute atomic E-state index is 11.8. The number of hydrogen-bond acceptors (Lipinski definition) is 4. The van der Waals surface area contributed by atoms with Gasteiger partial charge in [0.1, 0.15) is 11.8 Å². The molecule has 0 aliphatic rings. The van der Waals surface area contributed by atoms with E-state index < -0.39 is 12.1 Å². The standard InChI is InChI=1S/C15H23N3O3/c1-4-9-21-13-8-6-7-12(10-13)17-11(3)14(19)18-15(20)16-5-2/h6-8,10-11,17H,4-5,9H2,1-3H3,(H2,16,18,19,20). The Hall–Kier alpha value is -2.24. The van der Waals surface area contributed by atoms with Crippen molar-refractivity contribution in [2.45, 2.75) is 33.2 Å². The van der Waals surface area contributed by atoms with E-state index in [-0.39, 0.29) is 5.91 Å². The maximum Gasteiger partial charge on any atom is 0.321 e. The fraction of sp³-hybridized carbons (Fsp3) is 0.467. The molecule has 21 heavy (non-hydrogen) atoms. The molecule has 1 aromatic carbocycles. The van der Waals surface area contributed by atoms with Crippen LogP contribution >= 0.6 is 0 Å². The second kappa shape index (κ2) is 8.84. The van der Waals surface area contributed by atoms with Crippen molar-refractivity contribution < 1.29 is 14.3 Å². The molecule has 3 N–H and O–H groups in total. The molecule has 0 heterocycles. The Morgan fingerprint density at radius 3 is 2.71 bits per heavy atom. The van der Waals surface area contributed by atoms with E-state index in [1.165, 1.54) is 0 Å². The van der Waals surface area contributed by atoms with Crippen LogP contribution in [0.1, 0.15) is 27.2 Å². The van der Waals surface area contributed by atoms with Gasteiger partial charge >= 0.3 is 6.03 Å².